The number of hydrogen-bond acceptors (Lipinski definition) is 5. The number of aromatic amines is 1. The molecule has 1 fully saturated rings. The van der Waals surface area contributed by atoms with Crippen molar-refractivity contribution in [3.63, 3.8) is 0 Å². The van der Waals surface area contributed by atoms with E-state index < -0.39 is 0 Å². The first-order valence-electron chi connectivity index (χ1n) is 8.21. The Morgan fingerprint density at radius 1 is 1.35 bits per heavy atom. The molecule has 3 aromatic rings. The quantitative estimate of drug-likeness (QED) is 0.705. The fourth-order valence-corrected chi connectivity index (χ4v) is 3.66. The number of nitrogens with one attached hydrogen (secondary N) is 1. The number of nitrogens with zero attached hydrogens (tertiary/aromatic N) is 4. The van der Waals surface area contributed by atoms with Gasteiger partial charge in [0.05, 0.1) is 0 Å². The molecule has 26 heavy (non-hydrogen) atoms. The molecule has 0 aliphatic carbocycles. The second kappa shape index (κ2) is 6.91. The van der Waals surface area contributed by atoms with Gasteiger partial charge in [-0.2, -0.15) is 5.10 Å². The fourth-order valence-electron chi connectivity index (χ4n) is 3.13. The lowest BCUT2D eigenvalue weighted by Crippen LogP contribution is -2.29. The number of imidazole rings is 1. The Hall–Kier alpha value is -2.68. The van der Waals surface area contributed by atoms with Gasteiger partial charge in [-0.05, 0) is 27.9 Å². The minimum Gasteiger partial charge on any atom is -0.445 e. The Morgan fingerprint density at radius 3 is 2.96 bits per heavy atom. The molecular formula is C17H16BrN5O3. The average molecular weight is 418 g/mol. The zero-order chi connectivity index (χ0) is 18.1. The minimum absolute atomic E-state index is 0.00706. The summed E-state index contributed by atoms with van der Waals surface area (Å²) in [7, 11) is 0. The number of carbonyl (C=O) groups is 1. The van der Waals surface area contributed by atoms with Crippen LogP contribution in [0.5, 0.6) is 0 Å². The Labute approximate surface area is 156 Å². The van der Waals surface area contributed by atoms with Gasteiger partial charge in [0.2, 0.25) is 0 Å². The molecule has 1 amide bonds. The van der Waals surface area contributed by atoms with Crippen LogP contribution in [0, 0.1) is 0 Å². The van der Waals surface area contributed by atoms with Crippen LogP contribution in [0.4, 0.5) is 4.79 Å². The second-order valence-electron chi connectivity index (χ2n) is 6.11. The van der Waals surface area contributed by atoms with Gasteiger partial charge in [0.15, 0.2) is 5.52 Å². The molecule has 1 atom stereocenters. The summed E-state index contributed by atoms with van der Waals surface area (Å²) in [5.41, 5.74) is 1.05. The van der Waals surface area contributed by atoms with E-state index >= 15 is 0 Å². The summed E-state index contributed by atoms with van der Waals surface area (Å²) in [5.74, 6) is 0.656. The summed E-state index contributed by atoms with van der Waals surface area (Å²) >= 11 is 3.31. The maximum atomic E-state index is 12.3. The highest BCUT2D eigenvalue weighted by Crippen LogP contribution is 2.29. The highest BCUT2D eigenvalue weighted by Gasteiger charge is 2.32. The number of fused-ring (bicyclic) bond motifs is 1. The molecule has 1 N–H and O–H groups in total. The average Bonchev–Trinajstić information content (AvgIpc) is 3.26. The van der Waals surface area contributed by atoms with Gasteiger partial charge in [0, 0.05) is 19.0 Å². The van der Waals surface area contributed by atoms with Crippen LogP contribution in [0.15, 0.2) is 46.1 Å². The number of H-pyrrole nitrogens is 1. The number of halogens is 1. The molecule has 3 heterocycles. The molecule has 134 valence electrons. The van der Waals surface area contributed by atoms with Crippen LogP contribution in [0.2, 0.25) is 0 Å². The first-order chi connectivity index (χ1) is 12.6. The lowest BCUT2D eigenvalue weighted by molar-refractivity contribution is 0.104. The maximum Gasteiger partial charge on any atom is 0.410 e. The SMILES string of the molecule is O=C(OCc1ccccc1)N1CC[C@H](c2nc(Br)c3c(=O)[nH]cnn23)C1. The Balaban J connectivity index is 1.46. The van der Waals surface area contributed by atoms with Crippen LogP contribution in [-0.4, -0.2) is 43.7 Å². The van der Waals surface area contributed by atoms with Crippen molar-refractivity contribution in [3.05, 3.63) is 63.0 Å². The number of amides is 1. The van der Waals surface area contributed by atoms with Gasteiger partial charge < -0.3 is 14.6 Å². The van der Waals surface area contributed by atoms with Crippen LogP contribution < -0.4 is 5.56 Å². The summed E-state index contributed by atoms with van der Waals surface area (Å²) in [5, 5.41) is 4.19. The van der Waals surface area contributed by atoms with Crippen molar-refractivity contribution in [1.82, 2.24) is 24.5 Å². The van der Waals surface area contributed by atoms with Crippen molar-refractivity contribution in [3.8, 4) is 0 Å². The Kier molecular flexibility index (Phi) is 4.46. The number of aromatic nitrogens is 4. The Bertz CT molecular complexity index is 1000. The Morgan fingerprint density at radius 2 is 2.15 bits per heavy atom. The monoisotopic (exact) mass is 417 g/mol. The molecule has 0 radical (unpaired) electrons. The van der Waals surface area contributed by atoms with Gasteiger partial charge >= 0.3 is 6.09 Å². The van der Waals surface area contributed by atoms with Crippen molar-refractivity contribution in [2.75, 3.05) is 13.1 Å². The van der Waals surface area contributed by atoms with Gasteiger partial charge in [-0.3, -0.25) is 4.79 Å². The molecule has 1 aliphatic rings. The molecule has 2 aromatic heterocycles. The second-order valence-corrected chi connectivity index (χ2v) is 6.86. The highest BCUT2D eigenvalue weighted by atomic mass is 79.9. The van der Waals surface area contributed by atoms with Crippen molar-refractivity contribution < 1.29 is 9.53 Å². The smallest absolute Gasteiger partial charge is 0.410 e. The summed E-state index contributed by atoms with van der Waals surface area (Å²) in [6.07, 6.45) is 1.73. The molecule has 1 aliphatic heterocycles. The predicted molar refractivity (Wildman–Crippen MR) is 96.9 cm³/mol. The number of carbonyl (C=O) groups excluding carboxylic acids is 1. The zero-order valence-electron chi connectivity index (χ0n) is 13.8. The molecule has 0 bridgehead atoms. The zero-order valence-corrected chi connectivity index (χ0v) is 15.3. The maximum absolute atomic E-state index is 12.3. The summed E-state index contributed by atoms with van der Waals surface area (Å²) in [6, 6.07) is 9.56. The summed E-state index contributed by atoms with van der Waals surface area (Å²) < 4.78 is 7.37. The van der Waals surface area contributed by atoms with Gasteiger partial charge in [-0.15, -0.1) is 0 Å². The summed E-state index contributed by atoms with van der Waals surface area (Å²) in [4.78, 5) is 32.9. The number of ether oxygens (including phenoxy) is 1. The molecule has 8 nitrogen and oxygen atoms in total. The van der Waals surface area contributed by atoms with Crippen molar-refractivity contribution in [2.45, 2.75) is 18.9 Å². The molecule has 0 unspecified atom stereocenters. The lowest BCUT2D eigenvalue weighted by Gasteiger charge is -2.16. The highest BCUT2D eigenvalue weighted by molar-refractivity contribution is 9.10. The van der Waals surface area contributed by atoms with E-state index in [2.05, 4.69) is 31.0 Å². The normalized spacial score (nSPS) is 17.0. The summed E-state index contributed by atoms with van der Waals surface area (Å²) in [6.45, 7) is 1.30. The van der Waals surface area contributed by atoms with Gasteiger partial charge in [0.25, 0.3) is 5.56 Å². The fraction of sp³-hybridized carbons (Fsp3) is 0.294. The third kappa shape index (κ3) is 3.10. The molecule has 4 rings (SSSR count). The largest absolute Gasteiger partial charge is 0.445 e. The van der Waals surface area contributed by atoms with Crippen LogP contribution in [0.25, 0.3) is 5.52 Å². The predicted octanol–water partition coefficient (Wildman–Crippen LogP) is 2.31. The van der Waals surface area contributed by atoms with Crippen LogP contribution in [0.3, 0.4) is 0 Å². The molecule has 0 spiro atoms. The molecule has 0 saturated carbocycles. The van der Waals surface area contributed by atoms with Crippen LogP contribution in [-0.2, 0) is 11.3 Å². The van der Waals surface area contributed by atoms with E-state index in [1.165, 1.54) is 10.8 Å². The van der Waals surface area contributed by atoms with E-state index in [0.717, 1.165) is 12.0 Å². The number of rotatable bonds is 3. The third-order valence-electron chi connectivity index (χ3n) is 4.44. The van der Waals surface area contributed by atoms with E-state index in [0.29, 0.717) is 29.0 Å². The van der Waals surface area contributed by atoms with Crippen molar-refractivity contribution >= 4 is 27.5 Å². The number of hydrogen-bond donors (Lipinski definition) is 1. The van der Waals surface area contributed by atoms with E-state index in [4.69, 9.17) is 4.74 Å². The first kappa shape index (κ1) is 16.8. The van der Waals surface area contributed by atoms with Gasteiger partial charge in [0.1, 0.15) is 23.4 Å². The van der Waals surface area contributed by atoms with Gasteiger partial charge in [-0.25, -0.2) is 14.3 Å². The van der Waals surface area contributed by atoms with Crippen LogP contribution in [0.1, 0.15) is 23.7 Å². The van der Waals surface area contributed by atoms with E-state index in [-0.39, 0.29) is 24.2 Å². The van der Waals surface area contributed by atoms with Crippen molar-refractivity contribution in [1.29, 1.82) is 0 Å². The third-order valence-corrected chi connectivity index (χ3v) is 4.99. The lowest BCUT2D eigenvalue weighted by atomic mass is 10.1. The molecule has 9 heteroatoms. The standard InChI is InChI=1S/C17H16BrN5O3/c18-14-13-16(24)19-10-20-23(13)15(21-14)12-6-7-22(8-12)17(25)26-9-11-4-2-1-3-5-11/h1-5,10,12H,6-9H2,(H,19,20,24)/t12-/m0/s1. The molecule has 1 saturated heterocycles. The van der Waals surface area contributed by atoms with E-state index in [9.17, 15) is 9.59 Å². The van der Waals surface area contributed by atoms with Crippen LogP contribution >= 0.6 is 15.9 Å². The first-order valence-corrected chi connectivity index (χ1v) is 9.00. The van der Waals surface area contributed by atoms with Crippen molar-refractivity contribution in [2.24, 2.45) is 0 Å². The minimum atomic E-state index is -0.345. The molecule has 1 aromatic carbocycles. The van der Waals surface area contributed by atoms with E-state index in [1.807, 2.05) is 30.3 Å². The van der Waals surface area contributed by atoms with E-state index in [1.54, 1.807) is 4.90 Å². The number of likely N-dealkylation sites (tertiary alicyclic amines) is 1. The molecular weight excluding hydrogens is 402 g/mol. The van der Waals surface area contributed by atoms with Gasteiger partial charge in [-0.1, -0.05) is 30.3 Å². The topological polar surface area (TPSA) is 92.6 Å². The number of benzene rings is 1.